The van der Waals surface area contributed by atoms with Crippen molar-refractivity contribution < 1.29 is 10.2 Å². The number of phenolic OH excluding ortho intramolecular Hbond substituents is 2. The van der Waals surface area contributed by atoms with Crippen molar-refractivity contribution in [3.8, 4) is 11.5 Å². The molecule has 2 N–H and O–H groups in total. The topological polar surface area (TPSA) is 40.5 Å². The predicted molar refractivity (Wildman–Crippen MR) is 96.8 cm³/mol. The maximum Gasteiger partial charge on any atom is 0.119 e. The van der Waals surface area contributed by atoms with Crippen LogP contribution < -0.4 is 0 Å². The molecular weight excluding hydrogens is 284 g/mol. The fourth-order valence-electron chi connectivity index (χ4n) is 3.50. The summed E-state index contributed by atoms with van der Waals surface area (Å²) in [5.41, 5.74) is 8.40. The first-order valence-electron chi connectivity index (χ1n) is 8.10. The molecule has 0 atom stereocenters. The van der Waals surface area contributed by atoms with Gasteiger partial charge in [-0.1, -0.05) is 13.8 Å². The summed E-state index contributed by atoms with van der Waals surface area (Å²) in [5, 5.41) is 20.6. The van der Waals surface area contributed by atoms with Crippen molar-refractivity contribution in [1.29, 1.82) is 0 Å². The second kappa shape index (κ2) is 5.59. The highest BCUT2D eigenvalue weighted by atomic mass is 16.3. The molecule has 0 saturated carbocycles. The van der Waals surface area contributed by atoms with Crippen LogP contribution in [-0.2, 0) is 5.41 Å². The largest absolute Gasteiger partial charge is 0.508 e. The van der Waals surface area contributed by atoms with E-state index in [1.165, 1.54) is 11.1 Å². The zero-order valence-electron chi connectivity index (χ0n) is 15.5. The van der Waals surface area contributed by atoms with E-state index in [0.717, 1.165) is 33.4 Å². The summed E-state index contributed by atoms with van der Waals surface area (Å²) >= 11 is 0. The number of rotatable bonds is 2. The number of hydrogen-bond donors (Lipinski definition) is 2. The third kappa shape index (κ3) is 2.60. The van der Waals surface area contributed by atoms with Crippen molar-refractivity contribution in [3.05, 3.63) is 56.6 Å². The van der Waals surface area contributed by atoms with Crippen molar-refractivity contribution in [2.45, 2.75) is 60.8 Å². The maximum atomic E-state index is 10.3. The van der Waals surface area contributed by atoms with Gasteiger partial charge in [0.1, 0.15) is 11.5 Å². The van der Waals surface area contributed by atoms with Gasteiger partial charge in [0.2, 0.25) is 0 Å². The molecule has 0 aliphatic rings. The van der Waals surface area contributed by atoms with Gasteiger partial charge in [-0.15, -0.1) is 0 Å². The van der Waals surface area contributed by atoms with E-state index in [4.69, 9.17) is 0 Å². The summed E-state index contributed by atoms with van der Waals surface area (Å²) in [6.07, 6.45) is 0. The minimum Gasteiger partial charge on any atom is -0.508 e. The van der Waals surface area contributed by atoms with E-state index in [9.17, 15) is 10.2 Å². The molecule has 0 aliphatic heterocycles. The molecule has 0 saturated heterocycles. The number of aromatic hydroxyl groups is 2. The Kier molecular flexibility index (Phi) is 4.23. The minimum atomic E-state index is -0.306. The second-order valence-corrected chi connectivity index (χ2v) is 7.26. The van der Waals surface area contributed by atoms with Crippen LogP contribution in [0.2, 0.25) is 0 Å². The summed E-state index contributed by atoms with van der Waals surface area (Å²) < 4.78 is 0. The Bertz CT molecular complexity index is 718. The SMILES string of the molecule is Cc1c(O)cc(C(C)(C)c2cc(O)c(C)c(C)c2C)c(C)c1C. The Balaban J connectivity index is 2.79. The van der Waals surface area contributed by atoms with Crippen molar-refractivity contribution in [1.82, 2.24) is 0 Å². The van der Waals surface area contributed by atoms with Gasteiger partial charge in [-0.25, -0.2) is 0 Å². The van der Waals surface area contributed by atoms with Crippen LogP contribution in [0.4, 0.5) is 0 Å². The average molecular weight is 312 g/mol. The Morgan fingerprint density at radius 2 is 0.870 bits per heavy atom. The molecule has 0 radical (unpaired) electrons. The van der Waals surface area contributed by atoms with Crippen molar-refractivity contribution in [2.75, 3.05) is 0 Å². The highest BCUT2D eigenvalue weighted by Gasteiger charge is 2.30. The van der Waals surface area contributed by atoms with Gasteiger partial charge in [-0.2, -0.15) is 0 Å². The lowest BCUT2D eigenvalue weighted by Gasteiger charge is -2.32. The first-order chi connectivity index (χ1) is 10.5. The molecule has 0 amide bonds. The van der Waals surface area contributed by atoms with Crippen LogP contribution in [0.3, 0.4) is 0 Å². The Morgan fingerprint density at radius 3 is 1.17 bits per heavy atom. The lowest BCUT2D eigenvalue weighted by Crippen LogP contribution is -2.23. The first-order valence-corrected chi connectivity index (χ1v) is 8.10. The maximum absolute atomic E-state index is 10.3. The Hall–Kier alpha value is -1.96. The molecule has 0 bridgehead atoms. The zero-order valence-corrected chi connectivity index (χ0v) is 15.5. The van der Waals surface area contributed by atoms with Crippen LogP contribution in [0, 0.1) is 41.5 Å². The fraction of sp³-hybridized carbons (Fsp3) is 0.429. The molecular formula is C21H28O2. The molecule has 0 heterocycles. The van der Waals surface area contributed by atoms with Crippen LogP contribution in [0.5, 0.6) is 11.5 Å². The monoisotopic (exact) mass is 312 g/mol. The zero-order chi connectivity index (χ0) is 17.7. The molecule has 2 aromatic carbocycles. The molecule has 0 unspecified atom stereocenters. The van der Waals surface area contributed by atoms with Crippen molar-refractivity contribution in [2.24, 2.45) is 0 Å². The van der Waals surface area contributed by atoms with Gasteiger partial charge in [0.15, 0.2) is 0 Å². The third-order valence-electron chi connectivity index (χ3n) is 5.74. The Morgan fingerprint density at radius 1 is 0.565 bits per heavy atom. The molecule has 0 aromatic heterocycles. The van der Waals surface area contributed by atoms with Crippen molar-refractivity contribution >= 4 is 0 Å². The lowest BCUT2D eigenvalue weighted by atomic mass is 9.72. The third-order valence-corrected chi connectivity index (χ3v) is 5.74. The van der Waals surface area contributed by atoms with Crippen LogP contribution >= 0.6 is 0 Å². The van der Waals surface area contributed by atoms with E-state index in [2.05, 4.69) is 41.5 Å². The molecule has 2 nitrogen and oxygen atoms in total. The molecule has 124 valence electrons. The highest BCUT2D eigenvalue weighted by Crippen LogP contribution is 2.42. The summed E-state index contributed by atoms with van der Waals surface area (Å²) in [6, 6.07) is 3.76. The van der Waals surface area contributed by atoms with Gasteiger partial charge < -0.3 is 10.2 Å². The van der Waals surface area contributed by atoms with Crippen molar-refractivity contribution in [3.63, 3.8) is 0 Å². The van der Waals surface area contributed by atoms with E-state index >= 15 is 0 Å². The van der Waals surface area contributed by atoms with Gasteiger partial charge in [-0.3, -0.25) is 0 Å². The Labute approximate surface area is 139 Å². The van der Waals surface area contributed by atoms with E-state index < -0.39 is 0 Å². The number of benzene rings is 2. The van der Waals surface area contributed by atoms with E-state index in [1.54, 1.807) is 0 Å². The molecule has 0 spiro atoms. The second-order valence-electron chi connectivity index (χ2n) is 7.26. The van der Waals surface area contributed by atoms with Crippen LogP contribution in [-0.4, -0.2) is 10.2 Å². The number of hydrogen-bond acceptors (Lipinski definition) is 2. The smallest absolute Gasteiger partial charge is 0.119 e. The highest BCUT2D eigenvalue weighted by molar-refractivity contribution is 5.57. The van der Waals surface area contributed by atoms with Gasteiger partial charge in [0.25, 0.3) is 0 Å². The predicted octanol–water partition coefficient (Wildman–Crippen LogP) is 5.27. The normalized spacial score (nSPS) is 11.8. The van der Waals surface area contributed by atoms with E-state index in [1.807, 2.05) is 26.0 Å². The summed E-state index contributed by atoms with van der Waals surface area (Å²) in [5.74, 6) is 0.670. The molecule has 23 heavy (non-hydrogen) atoms. The fourth-order valence-corrected chi connectivity index (χ4v) is 3.50. The van der Waals surface area contributed by atoms with E-state index in [0.29, 0.717) is 11.5 Å². The van der Waals surface area contributed by atoms with Crippen LogP contribution in [0.1, 0.15) is 58.4 Å². The molecule has 0 aliphatic carbocycles. The lowest BCUT2D eigenvalue weighted by molar-refractivity contribution is 0.464. The number of phenols is 2. The minimum absolute atomic E-state index is 0.306. The quantitative estimate of drug-likeness (QED) is 0.792. The summed E-state index contributed by atoms with van der Waals surface area (Å²) in [4.78, 5) is 0. The standard InChI is InChI=1S/C21H28O2/c1-11-13(3)17(9-19(22)15(11)5)21(7,8)18-10-20(23)16(6)12(2)14(18)4/h9-10,22-23H,1-8H3. The van der Waals surface area contributed by atoms with E-state index in [-0.39, 0.29) is 5.41 Å². The molecule has 2 rings (SSSR count). The molecule has 2 aromatic rings. The molecule has 2 heteroatoms. The van der Waals surface area contributed by atoms with Gasteiger partial charge in [0, 0.05) is 5.41 Å². The first kappa shape index (κ1) is 17.4. The van der Waals surface area contributed by atoms with Crippen LogP contribution in [0.15, 0.2) is 12.1 Å². The van der Waals surface area contributed by atoms with Gasteiger partial charge in [0.05, 0.1) is 0 Å². The molecule has 0 fully saturated rings. The van der Waals surface area contributed by atoms with Gasteiger partial charge >= 0.3 is 0 Å². The summed E-state index contributed by atoms with van der Waals surface area (Å²) in [7, 11) is 0. The summed E-state index contributed by atoms with van der Waals surface area (Å²) in [6.45, 7) is 16.5. The van der Waals surface area contributed by atoms with Gasteiger partial charge in [-0.05, 0) is 98.2 Å². The van der Waals surface area contributed by atoms with Crippen LogP contribution in [0.25, 0.3) is 0 Å². The average Bonchev–Trinajstić information content (AvgIpc) is 2.49.